The van der Waals surface area contributed by atoms with E-state index < -0.39 is 0 Å². The van der Waals surface area contributed by atoms with Gasteiger partial charge in [-0.15, -0.1) is 0 Å². The van der Waals surface area contributed by atoms with Crippen molar-refractivity contribution >= 4 is 17.7 Å². The molecule has 5 nitrogen and oxygen atoms in total. The third kappa shape index (κ3) is 4.98. The summed E-state index contributed by atoms with van der Waals surface area (Å²) >= 11 is 0. The van der Waals surface area contributed by atoms with Crippen molar-refractivity contribution in [1.29, 1.82) is 0 Å². The van der Waals surface area contributed by atoms with Gasteiger partial charge < -0.3 is 10.1 Å². The number of ether oxygens (including phenoxy) is 1. The van der Waals surface area contributed by atoms with Crippen LogP contribution in [0.3, 0.4) is 0 Å². The normalized spacial score (nSPS) is 11.1. The van der Waals surface area contributed by atoms with Crippen LogP contribution >= 0.6 is 0 Å². The van der Waals surface area contributed by atoms with Crippen molar-refractivity contribution in [2.45, 2.75) is 6.42 Å². The van der Waals surface area contributed by atoms with Crippen molar-refractivity contribution in [2.75, 3.05) is 13.7 Å². The maximum atomic E-state index is 12.8. The molecule has 0 saturated heterocycles. The van der Waals surface area contributed by atoms with Crippen LogP contribution in [0.1, 0.15) is 11.1 Å². The van der Waals surface area contributed by atoms with E-state index >= 15 is 0 Å². The topological polar surface area (TPSA) is 60.3 Å². The molecule has 0 atom stereocenters. The van der Waals surface area contributed by atoms with Gasteiger partial charge in [0.2, 0.25) is 0 Å². The monoisotopic (exact) mass is 374 g/mol. The summed E-state index contributed by atoms with van der Waals surface area (Å²) in [5, 5.41) is 2.91. The summed E-state index contributed by atoms with van der Waals surface area (Å²) in [7, 11) is 1.60. The Morgan fingerprint density at radius 1 is 1.00 bits per heavy atom. The molecule has 1 N–H and O–H groups in total. The van der Waals surface area contributed by atoms with Crippen molar-refractivity contribution in [3.05, 3.63) is 100 Å². The zero-order valence-electron chi connectivity index (χ0n) is 15.7. The number of amides is 1. The highest BCUT2D eigenvalue weighted by Gasteiger charge is 2.13. The zero-order chi connectivity index (χ0) is 19.8. The van der Waals surface area contributed by atoms with Crippen LogP contribution in [0.5, 0.6) is 5.75 Å². The lowest BCUT2D eigenvalue weighted by atomic mass is 10.1. The Morgan fingerprint density at radius 2 is 1.71 bits per heavy atom. The van der Waals surface area contributed by atoms with Crippen LogP contribution < -0.4 is 15.6 Å². The molecule has 0 bridgehead atoms. The molecule has 0 unspecified atom stereocenters. The van der Waals surface area contributed by atoms with E-state index in [9.17, 15) is 9.59 Å². The van der Waals surface area contributed by atoms with Gasteiger partial charge in [-0.3, -0.25) is 14.2 Å². The van der Waals surface area contributed by atoms with Crippen molar-refractivity contribution in [2.24, 2.45) is 0 Å². The van der Waals surface area contributed by atoms with Crippen LogP contribution in [0.4, 0.5) is 0 Å². The van der Waals surface area contributed by atoms with Crippen molar-refractivity contribution in [3.8, 4) is 5.75 Å². The molecule has 28 heavy (non-hydrogen) atoms. The summed E-state index contributed by atoms with van der Waals surface area (Å²) < 4.78 is 6.51. The predicted octanol–water partition coefficient (Wildman–Crippen LogP) is 3.21. The number of benzene rings is 2. The lowest BCUT2D eigenvalue weighted by molar-refractivity contribution is -0.115. The first-order valence-electron chi connectivity index (χ1n) is 9.03. The van der Waals surface area contributed by atoms with Gasteiger partial charge in [0.25, 0.3) is 11.5 Å². The van der Waals surface area contributed by atoms with Gasteiger partial charge in [-0.25, -0.2) is 0 Å². The van der Waals surface area contributed by atoms with E-state index in [2.05, 4.69) is 5.32 Å². The predicted molar refractivity (Wildman–Crippen MR) is 111 cm³/mol. The van der Waals surface area contributed by atoms with E-state index in [0.29, 0.717) is 13.0 Å². The van der Waals surface area contributed by atoms with E-state index in [0.717, 1.165) is 16.9 Å². The van der Waals surface area contributed by atoms with Crippen LogP contribution in [0.15, 0.2) is 83.8 Å². The van der Waals surface area contributed by atoms with E-state index in [4.69, 9.17) is 4.74 Å². The largest absolute Gasteiger partial charge is 0.497 e. The first-order chi connectivity index (χ1) is 13.7. The molecular weight excluding hydrogens is 352 g/mol. The van der Waals surface area contributed by atoms with Crippen LogP contribution in [-0.4, -0.2) is 24.1 Å². The van der Waals surface area contributed by atoms with Gasteiger partial charge in [0, 0.05) is 18.8 Å². The Bertz CT molecular complexity index is 1010. The van der Waals surface area contributed by atoms with E-state index in [1.807, 2.05) is 54.6 Å². The maximum Gasteiger partial charge on any atom is 0.268 e. The highest BCUT2D eigenvalue weighted by atomic mass is 16.5. The third-order valence-electron chi connectivity index (χ3n) is 4.28. The van der Waals surface area contributed by atoms with Gasteiger partial charge in [0.05, 0.1) is 7.11 Å². The van der Waals surface area contributed by atoms with Gasteiger partial charge in [-0.2, -0.15) is 0 Å². The number of pyridine rings is 1. The van der Waals surface area contributed by atoms with E-state index in [1.165, 1.54) is 10.6 Å². The highest BCUT2D eigenvalue weighted by Crippen LogP contribution is 2.15. The van der Waals surface area contributed by atoms with Crippen molar-refractivity contribution < 1.29 is 9.53 Å². The van der Waals surface area contributed by atoms with Crippen LogP contribution in [0.2, 0.25) is 0 Å². The molecule has 0 radical (unpaired) electrons. The molecular formula is C23H22N2O3. The third-order valence-corrected chi connectivity index (χ3v) is 4.28. The molecule has 5 heteroatoms. The fraction of sp³-hybridized carbons (Fsp3) is 0.130. The minimum Gasteiger partial charge on any atom is -0.497 e. The molecule has 0 aliphatic carbocycles. The summed E-state index contributed by atoms with van der Waals surface area (Å²) in [4.78, 5) is 25.1. The summed E-state index contributed by atoms with van der Waals surface area (Å²) in [5.74, 6) is 0.419. The summed E-state index contributed by atoms with van der Waals surface area (Å²) in [5.41, 5.74) is 1.94. The molecule has 0 saturated carbocycles. The first-order valence-corrected chi connectivity index (χ1v) is 9.03. The Balaban J connectivity index is 1.83. The Kier molecular flexibility index (Phi) is 6.41. The van der Waals surface area contributed by atoms with Crippen molar-refractivity contribution in [3.63, 3.8) is 0 Å². The van der Waals surface area contributed by atoms with Crippen LogP contribution in [-0.2, 0) is 11.2 Å². The second-order valence-corrected chi connectivity index (χ2v) is 6.20. The molecule has 142 valence electrons. The average molecular weight is 374 g/mol. The summed E-state index contributed by atoms with van der Waals surface area (Å²) in [6.45, 7) is 0.477. The minimum absolute atomic E-state index is 0.263. The number of carbonyl (C=O) groups excluding carboxylic acids is 1. The summed E-state index contributed by atoms with van der Waals surface area (Å²) in [6, 6.07) is 22.0. The number of nitrogens with zero attached hydrogens (tertiary/aromatic N) is 1. The summed E-state index contributed by atoms with van der Waals surface area (Å²) in [6.07, 6.45) is 4.00. The number of hydrogen-bond acceptors (Lipinski definition) is 3. The van der Waals surface area contributed by atoms with E-state index in [-0.39, 0.29) is 17.2 Å². The Hall–Kier alpha value is -3.60. The fourth-order valence-electron chi connectivity index (χ4n) is 2.78. The lowest BCUT2D eigenvalue weighted by Gasteiger charge is -2.12. The maximum absolute atomic E-state index is 12.8. The Labute approximate surface area is 163 Å². The first kappa shape index (κ1) is 19.2. The van der Waals surface area contributed by atoms with Crippen LogP contribution in [0.25, 0.3) is 11.8 Å². The molecule has 2 aromatic carbocycles. The number of hydrogen-bond donors (Lipinski definition) is 1. The second-order valence-electron chi connectivity index (χ2n) is 6.20. The molecule has 1 heterocycles. The van der Waals surface area contributed by atoms with Gasteiger partial charge in [-0.05, 0) is 41.8 Å². The van der Waals surface area contributed by atoms with Gasteiger partial charge in [0.15, 0.2) is 0 Å². The number of methoxy groups -OCH3 is 1. The standard InChI is InChI=1S/C23H22N2O3/c1-28-20-12-10-19(11-13-20)17-21(25-16-6-5-9-22(25)26)23(27)24-15-14-18-7-3-2-4-8-18/h2-13,16-17H,14-15H2,1H3,(H,24,27)/b21-17+. The molecule has 1 amide bonds. The smallest absolute Gasteiger partial charge is 0.268 e. The zero-order valence-corrected chi connectivity index (χ0v) is 15.7. The average Bonchev–Trinajstić information content (AvgIpc) is 2.74. The van der Waals surface area contributed by atoms with Crippen molar-refractivity contribution in [1.82, 2.24) is 9.88 Å². The Morgan fingerprint density at radius 3 is 2.39 bits per heavy atom. The van der Waals surface area contributed by atoms with Crippen LogP contribution in [0, 0.1) is 0 Å². The van der Waals surface area contributed by atoms with Gasteiger partial charge in [0.1, 0.15) is 11.4 Å². The molecule has 3 rings (SSSR count). The van der Waals surface area contributed by atoms with E-state index in [1.54, 1.807) is 31.5 Å². The molecule has 0 aliphatic heterocycles. The molecule has 0 aliphatic rings. The van der Waals surface area contributed by atoms with Gasteiger partial charge in [-0.1, -0.05) is 48.5 Å². The highest BCUT2D eigenvalue weighted by molar-refractivity contribution is 6.18. The fourth-order valence-corrected chi connectivity index (χ4v) is 2.78. The molecule has 0 fully saturated rings. The number of rotatable bonds is 7. The minimum atomic E-state index is -0.306. The quantitative estimate of drug-likeness (QED) is 0.646. The molecule has 3 aromatic rings. The number of nitrogens with one attached hydrogen (secondary N) is 1. The number of aromatic nitrogens is 1. The van der Waals surface area contributed by atoms with Gasteiger partial charge >= 0.3 is 0 Å². The lowest BCUT2D eigenvalue weighted by Crippen LogP contribution is -2.31. The molecule has 1 aromatic heterocycles. The second kappa shape index (κ2) is 9.37. The number of carbonyl (C=O) groups is 1. The SMILES string of the molecule is COc1ccc(/C=C(\C(=O)NCCc2ccccc2)n2ccccc2=O)cc1. The molecule has 0 spiro atoms.